The first-order chi connectivity index (χ1) is 15.1. The van der Waals surface area contributed by atoms with Crippen molar-refractivity contribution in [3.8, 4) is 16.9 Å². The highest BCUT2D eigenvalue weighted by Gasteiger charge is 2.41. The zero-order chi connectivity index (χ0) is 21.4. The smallest absolute Gasteiger partial charge is 0.324 e. The Morgan fingerprint density at radius 3 is 2.71 bits per heavy atom. The van der Waals surface area contributed by atoms with Crippen LogP contribution in [0, 0.1) is 11.2 Å². The molecule has 7 nitrogen and oxygen atoms in total. The predicted molar refractivity (Wildman–Crippen MR) is 116 cm³/mol. The molecule has 2 aromatic carbocycles. The van der Waals surface area contributed by atoms with Crippen LogP contribution in [-0.4, -0.2) is 54.3 Å². The zero-order valence-corrected chi connectivity index (χ0v) is 17.4. The standard InChI is InChI=1S/C23H25FN4O3/c1-30-18-7-6-17(15-2-4-16(24)5-3-15)19-20(18)26-21(25-19)27-22(29)28-11-8-23(14-28)9-12-31-13-10-23/h2-7H,8-14H2,1H3,(H2,25,26,27,29). The monoisotopic (exact) mass is 424 g/mol. The summed E-state index contributed by atoms with van der Waals surface area (Å²) in [6, 6.07) is 9.81. The number of ether oxygens (including phenoxy) is 2. The van der Waals surface area contributed by atoms with E-state index in [-0.39, 0.29) is 17.3 Å². The second-order valence-corrected chi connectivity index (χ2v) is 8.35. The zero-order valence-electron chi connectivity index (χ0n) is 17.4. The molecule has 8 heteroatoms. The number of methoxy groups -OCH3 is 1. The number of nitrogens with one attached hydrogen (secondary N) is 2. The summed E-state index contributed by atoms with van der Waals surface area (Å²) >= 11 is 0. The second-order valence-electron chi connectivity index (χ2n) is 8.35. The number of anilines is 1. The van der Waals surface area contributed by atoms with Crippen molar-refractivity contribution in [2.75, 3.05) is 38.7 Å². The van der Waals surface area contributed by atoms with Gasteiger partial charge in [-0.1, -0.05) is 12.1 Å². The summed E-state index contributed by atoms with van der Waals surface area (Å²) < 4.78 is 24.3. The molecule has 2 amide bonds. The van der Waals surface area contributed by atoms with E-state index < -0.39 is 0 Å². The summed E-state index contributed by atoms with van der Waals surface area (Å²) in [4.78, 5) is 22.6. The molecule has 3 heterocycles. The largest absolute Gasteiger partial charge is 0.494 e. The first-order valence-corrected chi connectivity index (χ1v) is 10.5. The van der Waals surface area contributed by atoms with Gasteiger partial charge >= 0.3 is 6.03 Å². The van der Waals surface area contributed by atoms with E-state index in [4.69, 9.17) is 9.47 Å². The molecule has 1 spiro atoms. The van der Waals surface area contributed by atoms with Crippen molar-refractivity contribution in [1.82, 2.24) is 14.9 Å². The molecule has 0 bridgehead atoms. The lowest BCUT2D eigenvalue weighted by Gasteiger charge is -2.33. The molecule has 2 aliphatic rings. The molecule has 1 aromatic heterocycles. The number of benzene rings is 2. The number of carbonyl (C=O) groups excluding carboxylic acids is 1. The van der Waals surface area contributed by atoms with E-state index >= 15 is 0 Å². The van der Waals surface area contributed by atoms with Crippen molar-refractivity contribution in [2.45, 2.75) is 19.3 Å². The van der Waals surface area contributed by atoms with Crippen LogP contribution in [0.25, 0.3) is 22.2 Å². The first kappa shape index (κ1) is 19.8. The number of imidazole rings is 1. The molecular weight excluding hydrogens is 399 g/mol. The fourth-order valence-corrected chi connectivity index (χ4v) is 4.66. The van der Waals surface area contributed by atoms with Gasteiger partial charge in [0.25, 0.3) is 0 Å². The lowest BCUT2D eigenvalue weighted by atomic mass is 9.80. The van der Waals surface area contributed by atoms with Crippen LogP contribution >= 0.6 is 0 Å². The summed E-state index contributed by atoms with van der Waals surface area (Å²) in [7, 11) is 1.59. The SMILES string of the molecule is COc1ccc(-c2ccc(F)cc2)c2nc(NC(=O)N3CCC4(CCOCC4)C3)[nH]c12. The van der Waals surface area contributed by atoms with Crippen LogP contribution in [0.4, 0.5) is 15.1 Å². The highest BCUT2D eigenvalue weighted by atomic mass is 19.1. The number of amides is 2. The van der Waals surface area contributed by atoms with Gasteiger partial charge in [0.05, 0.1) is 7.11 Å². The van der Waals surface area contributed by atoms with E-state index in [1.54, 1.807) is 19.2 Å². The first-order valence-electron chi connectivity index (χ1n) is 10.5. The van der Waals surface area contributed by atoms with Crippen molar-refractivity contribution in [3.63, 3.8) is 0 Å². The van der Waals surface area contributed by atoms with Gasteiger partial charge in [0.2, 0.25) is 5.95 Å². The fourth-order valence-electron chi connectivity index (χ4n) is 4.66. The molecule has 2 fully saturated rings. The Hall–Kier alpha value is -3.13. The number of hydrogen-bond donors (Lipinski definition) is 2. The van der Waals surface area contributed by atoms with E-state index in [1.807, 2.05) is 17.0 Å². The maximum atomic E-state index is 13.4. The van der Waals surface area contributed by atoms with Crippen LogP contribution in [0.5, 0.6) is 5.75 Å². The van der Waals surface area contributed by atoms with E-state index in [1.165, 1.54) is 12.1 Å². The number of rotatable bonds is 3. The minimum Gasteiger partial charge on any atom is -0.494 e. The Morgan fingerprint density at radius 1 is 1.19 bits per heavy atom. The number of aromatic amines is 1. The highest BCUT2D eigenvalue weighted by molar-refractivity contribution is 5.98. The summed E-state index contributed by atoms with van der Waals surface area (Å²) in [5.41, 5.74) is 3.18. The second kappa shape index (κ2) is 7.85. The van der Waals surface area contributed by atoms with Crippen molar-refractivity contribution in [2.24, 2.45) is 5.41 Å². The van der Waals surface area contributed by atoms with Gasteiger partial charge in [-0.25, -0.2) is 14.2 Å². The van der Waals surface area contributed by atoms with E-state index in [0.29, 0.717) is 22.7 Å². The summed E-state index contributed by atoms with van der Waals surface area (Å²) in [6.45, 7) is 3.01. The number of aromatic nitrogens is 2. The molecule has 2 saturated heterocycles. The molecular formula is C23H25FN4O3. The van der Waals surface area contributed by atoms with Crippen molar-refractivity contribution >= 4 is 23.0 Å². The van der Waals surface area contributed by atoms with Gasteiger partial charge in [-0.15, -0.1) is 0 Å². The van der Waals surface area contributed by atoms with Crippen molar-refractivity contribution in [3.05, 3.63) is 42.2 Å². The van der Waals surface area contributed by atoms with E-state index in [2.05, 4.69) is 15.3 Å². The number of fused-ring (bicyclic) bond motifs is 1. The molecule has 0 atom stereocenters. The van der Waals surface area contributed by atoms with Gasteiger partial charge in [0.1, 0.15) is 22.6 Å². The van der Waals surface area contributed by atoms with Crippen molar-refractivity contribution < 1.29 is 18.7 Å². The predicted octanol–water partition coefficient (Wildman–Crippen LogP) is 4.41. The molecule has 2 N–H and O–H groups in total. The van der Waals surface area contributed by atoms with Gasteiger partial charge in [-0.2, -0.15) is 0 Å². The molecule has 0 radical (unpaired) electrons. The highest BCUT2D eigenvalue weighted by Crippen LogP contribution is 2.40. The van der Waals surface area contributed by atoms with E-state index in [9.17, 15) is 9.18 Å². The molecule has 162 valence electrons. The summed E-state index contributed by atoms with van der Waals surface area (Å²) in [5, 5.41) is 2.91. The quantitative estimate of drug-likeness (QED) is 0.653. The van der Waals surface area contributed by atoms with Crippen LogP contribution in [0.1, 0.15) is 19.3 Å². The average molecular weight is 424 g/mol. The third-order valence-electron chi connectivity index (χ3n) is 6.49. The van der Waals surface area contributed by atoms with Gasteiger partial charge < -0.3 is 19.4 Å². The number of H-pyrrole nitrogens is 1. The van der Waals surface area contributed by atoms with Gasteiger partial charge in [-0.05, 0) is 54.5 Å². The van der Waals surface area contributed by atoms with E-state index in [0.717, 1.165) is 56.7 Å². The maximum Gasteiger partial charge on any atom is 0.324 e. The van der Waals surface area contributed by atoms with Crippen LogP contribution in [0.3, 0.4) is 0 Å². The third-order valence-corrected chi connectivity index (χ3v) is 6.49. The number of carbonyl (C=O) groups is 1. The normalized spacial score (nSPS) is 17.9. The Bertz CT molecular complexity index is 1110. The maximum absolute atomic E-state index is 13.4. The number of nitrogens with zero attached hydrogens (tertiary/aromatic N) is 2. The number of halogens is 1. The average Bonchev–Trinajstić information content (AvgIpc) is 3.39. The van der Waals surface area contributed by atoms with Gasteiger partial charge in [0, 0.05) is 31.9 Å². The van der Waals surface area contributed by atoms with Crippen LogP contribution < -0.4 is 10.1 Å². The lowest BCUT2D eigenvalue weighted by molar-refractivity contribution is 0.0211. The Labute approximate surface area is 179 Å². The summed E-state index contributed by atoms with van der Waals surface area (Å²) in [5.74, 6) is 0.688. The van der Waals surface area contributed by atoms with Gasteiger partial charge in [-0.3, -0.25) is 5.32 Å². The Morgan fingerprint density at radius 2 is 1.97 bits per heavy atom. The molecule has 2 aliphatic heterocycles. The number of hydrogen-bond acceptors (Lipinski definition) is 4. The van der Waals surface area contributed by atoms with Crippen LogP contribution in [0.2, 0.25) is 0 Å². The molecule has 0 saturated carbocycles. The van der Waals surface area contributed by atoms with Crippen LogP contribution in [-0.2, 0) is 4.74 Å². The third kappa shape index (κ3) is 3.72. The topological polar surface area (TPSA) is 79.5 Å². The lowest BCUT2D eigenvalue weighted by Crippen LogP contribution is -2.37. The van der Waals surface area contributed by atoms with Crippen LogP contribution in [0.15, 0.2) is 36.4 Å². The van der Waals surface area contributed by atoms with Gasteiger partial charge in [0.15, 0.2) is 0 Å². The Kier molecular flexibility index (Phi) is 5.02. The summed E-state index contributed by atoms with van der Waals surface area (Å²) in [6.07, 6.45) is 3.01. The minimum atomic E-state index is -0.295. The number of likely N-dealkylation sites (tertiary alicyclic amines) is 1. The number of urea groups is 1. The molecule has 5 rings (SSSR count). The minimum absolute atomic E-state index is 0.162. The van der Waals surface area contributed by atoms with Crippen molar-refractivity contribution in [1.29, 1.82) is 0 Å². The molecule has 0 aliphatic carbocycles. The molecule has 3 aromatic rings. The fraction of sp³-hybridized carbons (Fsp3) is 0.391. The molecule has 0 unspecified atom stereocenters. The molecule has 31 heavy (non-hydrogen) atoms. The Balaban J connectivity index is 1.41.